The van der Waals surface area contributed by atoms with Crippen LogP contribution in [0.2, 0.25) is 0 Å². The van der Waals surface area contributed by atoms with E-state index >= 15 is 0 Å². The Morgan fingerprint density at radius 1 is 1.44 bits per heavy atom. The van der Waals surface area contributed by atoms with Gasteiger partial charge in [-0.05, 0) is 25.0 Å². The van der Waals surface area contributed by atoms with Gasteiger partial charge in [0.25, 0.3) is 5.91 Å². The molecule has 0 heterocycles. The lowest BCUT2D eigenvalue weighted by Crippen LogP contribution is -2.31. The van der Waals surface area contributed by atoms with Crippen LogP contribution in [0.3, 0.4) is 0 Å². The average Bonchev–Trinajstić information content (AvgIpc) is 2.25. The number of benzene rings is 1. The van der Waals surface area contributed by atoms with E-state index in [1.165, 1.54) is 0 Å². The number of alkyl halides is 1. The Kier molecular flexibility index (Phi) is 5.00. The molecule has 1 unspecified atom stereocenters. The van der Waals surface area contributed by atoms with Crippen molar-refractivity contribution in [2.75, 3.05) is 6.54 Å². The van der Waals surface area contributed by atoms with Gasteiger partial charge in [0.2, 0.25) is 0 Å². The first-order chi connectivity index (χ1) is 7.50. The van der Waals surface area contributed by atoms with Crippen LogP contribution in [0.1, 0.15) is 29.8 Å². The summed E-state index contributed by atoms with van der Waals surface area (Å²) in [6.07, 6.45) is 0. The molecule has 0 saturated heterocycles. The van der Waals surface area contributed by atoms with Crippen LogP contribution in [0.4, 0.5) is 0 Å². The Hall–Kier alpha value is -0.830. The molecule has 2 nitrogen and oxygen atoms in total. The lowest BCUT2D eigenvalue weighted by Gasteiger charge is -2.14. The van der Waals surface area contributed by atoms with Crippen LogP contribution in [0, 0.1) is 12.8 Å². The Morgan fingerprint density at radius 3 is 2.69 bits per heavy atom. The summed E-state index contributed by atoms with van der Waals surface area (Å²) in [6.45, 7) is 6.89. The van der Waals surface area contributed by atoms with E-state index < -0.39 is 0 Å². The Balaban J connectivity index is 2.53. The van der Waals surface area contributed by atoms with Crippen LogP contribution in [0.15, 0.2) is 24.3 Å². The smallest absolute Gasteiger partial charge is 0.251 e. The average molecular weight is 284 g/mol. The van der Waals surface area contributed by atoms with Crippen molar-refractivity contribution >= 4 is 21.8 Å². The van der Waals surface area contributed by atoms with Gasteiger partial charge in [-0.1, -0.05) is 47.5 Å². The quantitative estimate of drug-likeness (QED) is 0.845. The molecule has 0 bridgehead atoms. The largest absolute Gasteiger partial charge is 0.351 e. The number of hydrogen-bond donors (Lipinski definition) is 1. The number of halogens is 1. The number of hydrogen-bond acceptors (Lipinski definition) is 1. The predicted octanol–water partition coefficient (Wildman–Crippen LogP) is 3.14. The van der Waals surface area contributed by atoms with Gasteiger partial charge in [-0.2, -0.15) is 0 Å². The zero-order valence-corrected chi connectivity index (χ0v) is 11.5. The third-order valence-electron chi connectivity index (χ3n) is 2.46. The van der Waals surface area contributed by atoms with E-state index in [9.17, 15) is 4.79 Å². The van der Waals surface area contributed by atoms with Gasteiger partial charge in [0, 0.05) is 16.9 Å². The SMILES string of the molecule is Cc1cccc(C(=O)NCC(Br)C(C)C)c1. The second-order valence-electron chi connectivity index (χ2n) is 4.34. The molecular formula is C13H18BrNO. The molecule has 88 valence electrons. The zero-order chi connectivity index (χ0) is 12.1. The number of aryl methyl sites for hydroxylation is 1. The molecule has 1 amide bonds. The fraction of sp³-hybridized carbons (Fsp3) is 0.462. The molecule has 0 aliphatic carbocycles. The standard InChI is InChI=1S/C13H18BrNO/c1-9(2)12(14)8-15-13(16)11-6-4-5-10(3)7-11/h4-7,9,12H,8H2,1-3H3,(H,15,16). The number of carbonyl (C=O) groups is 1. The third kappa shape index (κ3) is 3.97. The summed E-state index contributed by atoms with van der Waals surface area (Å²) in [5.41, 5.74) is 1.83. The van der Waals surface area contributed by atoms with Crippen LogP contribution in [-0.2, 0) is 0 Å². The van der Waals surface area contributed by atoms with Crippen molar-refractivity contribution in [2.45, 2.75) is 25.6 Å². The second-order valence-corrected chi connectivity index (χ2v) is 5.52. The predicted molar refractivity (Wildman–Crippen MR) is 71.1 cm³/mol. The summed E-state index contributed by atoms with van der Waals surface area (Å²) < 4.78 is 0. The molecule has 1 rings (SSSR count). The van der Waals surface area contributed by atoms with Gasteiger partial charge in [-0.3, -0.25) is 4.79 Å². The molecule has 0 radical (unpaired) electrons. The van der Waals surface area contributed by atoms with E-state index in [1.807, 2.05) is 31.2 Å². The number of carbonyl (C=O) groups excluding carboxylic acids is 1. The first kappa shape index (κ1) is 13.2. The molecule has 0 fully saturated rings. The number of nitrogens with one attached hydrogen (secondary N) is 1. The third-order valence-corrected chi connectivity index (χ3v) is 3.84. The first-order valence-electron chi connectivity index (χ1n) is 5.49. The van der Waals surface area contributed by atoms with Crippen molar-refractivity contribution < 1.29 is 4.79 Å². The van der Waals surface area contributed by atoms with Crippen molar-refractivity contribution in [2.24, 2.45) is 5.92 Å². The van der Waals surface area contributed by atoms with Crippen molar-refractivity contribution in [1.29, 1.82) is 0 Å². The van der Waals surface area contributed by atoms with Gasteiger partial charge in [0.05, 0.1) is 0 Å². The fourth-order valence-corrected chi connectivity index (χ4v) is 1.48. The highest BCUT2D eigenvalue weighted by molar-refractivity contribution is 9.09. The molecule has 1 aromatic carbocycles. The second kappa shape index (κ2) is 6.04. The van der Waals surface area contributed by atoms with E-state index in [0.717, 1.165) is 11.1 Å². The summed E-state index contributed by atoms with van der Waals surface area (Å²) in [6, 6.07) is 7.62. The van der Waals surface area contributed by atoms with Crippen LogP contribution in [0.25, 0.3) is 0 Å². The highest BCUT2D eigenvalue weighted by Gasteiger charge is 2.11. The van der Waals surface area contributed by atoms with Crippen LogP contribution >= 0.6 is 15.9 Å². The molecule has 0 aromatic heterocycles. The molecule has 0 spiro atoms. The summed E-state index contributed by atoms with van der Waals surface area (Å²) in [4.78, 5) is 12.1. The molecule has 1 atom stereocenters. The van der Waals surface area contributed by atoms with Crippen molar-refractivity contribution in [3.63, 3.8) is 0 Å². The molecule has 0 saturated carbocycles. The molecular weight excluding hydrogens is 266 g/mol. The minimum Gasteiger partial charge on any atom is -0.351 e. The Bertz CT molecular complexity index is 363. The van der Waals surface area contributed by atoms with E-state index in [2.05, 4.69) is 35.1 Å². The zero-order valence-electron chi connectivity index (χ0n) is 9.96. The van der Waals surface area contributed by atoms with Gasteiger partial charge in [-0.25, -0.2) is 0 Å². The molecule has 16 heavy (non-hydrogen) atoms. The highest BCUT2D eigenvalue weighted by Crippen LogP contribution is 2.11. The summed E-state index contributed by atoms with van der Waals surface area (Å²) in [5, 5.41) is 2.92. The molecule has 0 aliphatic heterocycles. The van der Waals surface area contributed by atoms with E-state index in [0.29, 0.717) is 17.3 Å². The Labute approximate surface area is 106 Å². The monoisotopic (exact) mass is 283 g/mol. The maximum Gasteiger partial charge on any atom is 0.251 e. The normalized spacial score (nSPS) is 12.6. The summed E-state index contributed by atoms with van der Waals surface area (Å²) in [5.74, 6) is 0.506. The maximum atomic E-state index is 11.8. The van der Waals surface area contributed by atoms with Crippen molar-refractivity contribution in [1.82, 2.24) is 5.32 Å². The van der Waals surface area contributed by atoms with Gasteiger partial charge in [0.15, 0.2) is 0 Å². The van der Waals surface area contributed by atoms with E-state index in [1.54, 1.807) is 0 Å². The van der Waals surface area contributed by atoms with Gasteiger partial charge >= 0.3 is 0 Å². The van der Waals surface area contributed by atoms with Crippen LogP contribution in [0.5, 0.6) is 0 Å². The minimum atomic E-state index is -0.00574. The highest BCUT2D eigenvalue weighted by atomic mass is 79.9. The maximum absolute atomic E-state index is 11.8. The van der Waals surface area contributed by atoms with Crippen LogP contribution < -0.4 is 5.32 Å². The van der Waals surface area contributed by atoms with Crippen molar-refractivity contribution in [3.8, 4) is 0 Å². The van der Waals surface area contributed by atoms with Gasteiger partial charge < -0.3 is 5.32 Å². The Morgan fingerprint density at radius 2 is 2.12 bits per heavy atom. The fourth-order valence-electron chi connectivity index (χ4n) is 1.31. The summed E-state index contributed by atoms with van der Waals surface area (Å²) in [7, 11) is 0. The molecule has 3 heteroatoms. The topological polar surface area (TPSA) is 29.1 Å². The van der Waals surface area contributed by atoms with E-state index in [4.69, 9.17) is 0 Å². The number of rotatable bonds is 4. The van der Waals surface area contributed by atoms with E-state index in [-0.39, 0.29) is 5.91 Å². The summed E-state index contributed by atoms with van der Waals surface area (Å²) >= 11 is 3.54. The first-order valence-corrected chi connectivity index (χ1v) is 6.41. The lowest BCUT2D eigenvalue weighted by atomic mass is 10.1. The number of amides is 1. The molecule has 1 aromatic rings. The lowest BCUT2D eigenvalue weighted by molar-refractivity contribution is 0.0953. The van der Waals surface area contributed by atoms with Crippen molar-refractivity contribution in [3.05, 3.63) is 35.4 Å². The molecule has 1 N–H and O–H groups in total. The van der Waals surface area contributed by atoms with Crippen LogP contribution in [-0.4, -0.2) is 17.3 Å². The molecule has 0 aliphatic rings. The van der Waals surface area contributed by atoms with Gasteiger partial charge in [-0.15, -0.1) is 0 Å². The van der Waals surface area contributed by atoms with Gasteiger partial charge in [0.1, 0.15) is 0 Å². The minimum absolute atomic E-state index is 0.00574.